The van der Waals surface area contributed by atoms with Crippen LogP contribution in [-0.4, -0.2) is 26.2 Å². The van der Waals surface area contributed by atoms with Crippen molar-refractivity contribution in [3.8, 4) is 11.4 Å². The smallest absolute Gasteiger partial charge is 0.303 e. The molecular formula is C16H15N3O4. The van der Waals surface area contributed by atoms with E-state index in [1.165, 1.54) is 0 Å². The number of aromatic nitrogens is 3. The first-order valence-electron chi connectivity index (χ1n) is 7.13. The van der Waals surface area contributed by atoms with Gasteiger partial charge in [0, 0.05) is 11.8 Å². The molecule has 3 rings (SSSR count). The van der Waals surface area contributed by atoms with Crippen molar-refractivity contribution in [2.75, 3.05) is 0 Å². The molecule has 3 aromatic rings. The van der Waals surface area contributed by atoms with Gasteiger partial charge >= 0.3 is 5.97 Å². The summed E-state index contributed by atoms with van der Waals surface area (Å²) in [5.74, 6) is -0.586. The lowest BCUT2D eigenvalue weighted by Gasteiger charge is -2.06. The van der Waals surface area contributed by atoms with Crippen LogP contribution in [0, 0.1) is 13.8 Å². The molecule has 0 saturated carbocycles. The molecular weight excluding hydrogens is 298 g/mol. The van der Waals surface area contributed by atoms with Crippen LogP contribution in [0.15, 0.2) is 27.5 Å². The lowest BCUT2D eigenvalue weighted by atomic mass is 10.0. The fraction of sp³-hybridized carbons (Fsp3) is 0.250. The van der Waals surface area contributed by atoms with Crippen LogP contribution in [0.25, 0.3) is 22.3 Å². The Bertz CT molecular complexity index is 956. The third kappa shape index (κ3) is 2.85. The number of aromatic amines is 1. The Hall–Kier alpha value is -2.96. The molecule has 0 aliphatic rings. The van der Waals surface area contributed by atoms with E-state index < -0.39 is 5.97 Å². The molecule has 0 unspecified atom stereocenters. The molecule has 118 valence electrons. The fourth-order valence-corrected chi connectivity index (χ4v) is 2.42. The third-order valence-corrected chi connectivity index (χ3v) is 3.71. The van der Waals surface area contributed by atoms with Crippen molar-refractivity contribution in [2.45, 2.75) is 26.7 Å². The van der Waals surface area contributed by atoms with Gasteiger partial charge < -0.3 is 14.6 Å². The zero-order valence-corrected chi connectivity index (χ0v) is 12.7. The van der Waals surface area contributed by atoms with Crippen LogP contribution in [-0.2, 0) is 11.2 Å². The average molecular weight is 313 g/mol. The van der Waals surface area contributed by atoms with Crippen molar-refractivity contribution >= 4 is 16.9 Å². The van der Waals surface area contributed by atoms with Gasteiger partial charge in [-0.2, -0.15) is 4.98 Å². The quantitative estimate of drug-likeness (QED) is 0.764. The number of fused-ring (bicyclic) bond motifs is 1. The summed E-state index contributed by atoms with van der Waals surface area (Å²) in [6, 6.07) is 5.67. The molecule has 23 heavy (non-hydrogen) atoms. The van der Waals surface area contributed by atoms with Gasteiger partial charge in [-0.1, -0.05) is 17.3 Å². The number of aliphatic carboxylic acids is 1. The van der Waals surface area contributed by atoms with Crippen LogP contribution < -0.4 is 5.56 Å². The highest BCUT2D eigenvalue weighted by molar-refractivity contribution is 5.87. The molecule has 0 aliphatic heterocycles. The van der Waals surface area contributed by atoms with E-state index in [1.54, 1.807) is 6.07 Å². The normalized spacial score (nSPS) is 11.0. The topological polar surface area (TPSA) is 109 Å². The largest absolute Gasteiger partial charge is 0.481 e. The number of carboxylic acid groups (broad SMARTS) is 1. The van der Waals surface area contributed by atoms with Crippen molar-refractivity contribution in [1.29, 1.82) is 0 Å². The predicted octanol–water partition coefficient (Wildman–Crippen LogP) is 2.21. The first kappa shape index (κ1) is 15.0. The van der Waals surface area contributed by atoms with Gasteiger partial charge in [0.15, 0.2) is 0 Å². The molecule has 0 aliphatic carbocycles. The van der Waals surface area contributed by atoms with Gasteiger partial charge in [-0.3, -0.25) is 9.59 Å². The highest BCUT2D eigenvalue weighted by atomic mass is 16.5. The average Bonchev–Trinajstić information content (AvgIpc) is 2.97. The highest BCUT2D eigenvalue weighted by Gasteiger charge is 2.15. The Morgan fingerprint density at radius 3 is 2.78 bits per heavy atom. The Labute approximate surface area is 131 Å². The molecule has 2 heterocycles. The van der Waals surface area contributed by atoms with Crippen LogP contribution in [0.2, 0.25) is 0 Å². The van der Waals surface area contributed by atoms with Gasteiger partial charge in [0.25, 0.3) is 5.56 Å². The molecule has 2 aromatic heterocycles. The number of carbonyl (C=O) groups is 1. The van der Waals surface area contributed by atoms with E-state index in [2.05, 4.69) is 15.1 Å². The number of hydrogen-bond donors (Lipinski definition) is 2. The second-order valence-corrected chi connectivity index (χ2v) is 5.41. The SMILES string of the molecule is Cc1ccc(C)c2[nH]c(=O)c(-c3noc(CCC(=O)O)n3)cc12. The summed E-state index contributed by atoms with van der Waals surface area (Å²) in [6.07, 6.45) is 0.0277. The fourth-order valence-electron chi connectivity index (χ4n) is 2.42. The molecule has 7 nitrogen and oxygen atoms in total. The number of hydrogen-bond acceptors (Lipinski definition) is 5. The Kier molecular flexibility index (Phi) is 3.69. The van der Waals surface area contributed by atoms with E-state index in [-0.39, 0.29) is 30.1 Å². The number of pyridine rings is 1. The second kappa shape index (κ2) is 5.68. The van der Waals surface area contributed by atoms with Gasteiger partial charge in [-0.05, 0) is 31.0 Å². The number of nitrogens with zero attached hydrogens (tertiary/aromatic N) is 2. The molecule has 0 atom stereocenters. The van der Waals surface area contributed by atoms with E-state index in [1.807, 2.05) is 26.0 Å². The maximum atomic E-state index is 12.3. The minimum Gasteiger partial charge on any atom is -0.481 e. The zero-order valence-electron chi connectivity index (χ0n) is 12.7. The lowest BCUT2D eigenvalue weighted by molar-refractivity contribution is -0.137. The van der Waals surface area contributed by atoms with E-state index in [4.69, 9.17) is 9.63 Å². The summed E-state index contributed by atoms with van der Waals surface area (Å²) in [5, 5.41) is 13.4. The van der Waals surface area contributed by atoms with Crippen LogP contribution in [0.5, 0.6) is 0 Å². The van der Waals surface area contributed by atoms with E-state index in [9.17, 15) is 9.59 Å². The first-order chi connectivity index (χ1) is 11.0. The number of benzene rings is 1. The standard InChI is InChI=1S/C16H15N3O4/c1-8-3-4-9(2)14-10(8)7-11(16(22)18-14)15-17-12(23-19-15)5-6-13(20)21/h3-4,7H,5-6H2,1-2H3,(H,18,22)(H,20,21). The van der Waals surface area contributed by atoms with E-state index >= 15 is 0 Å². The monoisotopic (exact) mass is 313 g/mol. The Morgan fingerprint density at radius 2 is 2.04 bits per heavy atom. The van der Waals surface area contributed by atoms with Crippen LogP contribution in [0.4, 0.5) is 0 Å². The van der Waals surface area contributed by atoms with Gasteiger partial charge in [-0.15, -0.1) is 0 Å². The Balaban J connectivity index is 2.06. The number of aryl methyl sites for hydroxylation is 3. The van der Waals surface area contributed by atoms with Crippen molar-refractivity contribution in [1.82, 2.24) is 15.1 Å². The summed E-state index contributed by atoms with van der Waals surface area (Å²) in [4.78, 5) is 29.8. The number of rotatable bonds is 4. The Morgan fingerprint density at radius 1 is 1.30 bits per heavy atom. The van der Waals surface area contributed by atoms with Crippen molar-refractivity contribution in [2.24, 2.45) is 0 Å². The van der Waals surface area contributed by atoms with Gasteiger partial charge in [-0.25, -0.2) is 0 Å². The molecule has 1 aromatic carbocycles. The summed E-state index contributed by atoms with van der Waals surface area (Å²) in [6.45, 7) is 3.88. The van der Waals surface area contributed by atoms with Gasteiger partial charge in [0.05, 0.1) is 17.5 Å². The van der Waals surface area contributed by atoms with Crippen LogP contribution >= 0.6 is 0 Å². The maximum Gasteiger partial charge on any atom is 0.303 e. The molecule has 0 radical (unpaired) electrons. The second-order valence-electron chi connectivity index (χ2n) is 5.41. The molecule has 2 N–H and O–H groups in total. The lowest BCUT2D eigenvalue weighted by Crippen LogP contribution is -2.10. The molecule has 0 fully saturated rings. The van der Waals surface area contributed by atoms with E-state index in [0.29, 0.717) is 5.56 Å². The number of H-pyrrole nitrogens is 1. The third-order valence-electron chi connectivity index (χ3n) is 3.71. The highest BCUT2D eigenvalue weighted by Crippen LogP contribution is 2.22. The predicted molar refractivity (Wildman–Crippen MR) is 83.3 cm³/mol. The minimum absolute atomic E-state index is 0.103. The van der Waals surface area contributed by atoms with Crippen LogP contribution in [0.3, 0.4) is 0 Å². The molecule has 0 amide bonds. The van der Waals surface area contributed by atoms with Crippen molar-refractivity contribution in [3.63, 3.8) is 0 Å². The maximum absolute atomic E-state index is 12.3. The summed E-state index contributed by atoms with van der Waals surface area (Å²) < 4.78 is 5.01. The minimum atomic E-state index is -0.945. The molecule has 0 spiro atoms. The van der Waals surface area contributed by atoms with Gasteiger partial charge in [0.2, 0.25) is 11.7 Å². The molecule has 7 heteroatoms. The van der Waals surface area contributed by atoms with Crippen molar-refractivity contribution in [3.05, 3.63) is 45.6 Å². The van der Waals surface area contributed by atoms with Crippen molar-refractivity contribution < 1.29 is 14.4 Å². The molecule has 0 bridgehead atoms. The van der Waals surface area contributed by atoms with Gasteiger partial charge in [0.1, 0.15) is 0 Å². The van der Waals surface area contributed by atoms with Crippen LogP contribution in [0.1, 0.15) is 23.4 Å². The number of carboxylic acids is 1. The summed E-state index contributed by atoms with van der Waals surface area (Å²) >= 11 is 0. The zero-order chi connectivity index (χ0) is 16.6. The summed E-state index contributed by atoms with van der Waals surface area (Å²) in [5.41, 5.74) is 2.78. The molecule has 0 saturated heterocycles. The van der Waals surface area contributed by atoms with E-state index in [0.717, 1.165) is 22.0 Å². The number of nitrogens with one attached hydrogen (secondary N) is 1. The first-order valence-corrected chi connectivity index (χ1v) is 7.13. The summed E-state index contributed by atoms with van der Waals surface area (Å²) in [7, 11) is 0.